The van der Waals surface area contributed by atoms with Crippen molar-refractivity contribution in [3.63, 3.8) is 0 Å². The molecular formula is C22H19NO5. The van der Waals surface area contributed by atoms with E-state index < -0.39 is 11.9 Å². The minimum absolute atomic E-state index is 0.110. The fourth-order valence-electron chi connectivity index (χ4n) is 3.12. The molecule has 0 fully saturated rings. The third-order valence-corrected chi connectivity index (χ3v) is 4.40. The number of benzene rings is 3. The number of carbonyl (C=O) groups is 2. The molecule has 0 spiro atoms. The van der Waals surface area contributed by atoms with Crippen LogP contribution in [0.3, 0.4) is 0 Å². The van der Waals surface area contributed by atoms with Crippen LogP contribution in [-0.4, -0.2) is 31.7 Å². The van der Waals surface area contributed by atoms with E-state index in [-0.39, 0.29) is 13.0 Å². The van der Waals surface area contributed by atoms with Gasteiger partial charge < -0.3 is 19.5 Å². The van der Waals surface area contributed by atoms with Gasteiger partial charge in [-0.3, -0.25) is 9.59 Å². The van der Waals surface area contributed by atoms with Crippen molar-refractivity contribution in [2.75, 3.05) is 25.1 Å². The van der Waals surface area contributed by atoms with Crippen LogP contribution in [0, 0.1) is 0 Å². The van der Waals surface area contributed by atoms with E-state index in [0.717, 1.165) is 16.3 Å². The first kappa shape index (κ1) is 17.9. The molecule has 0 saturated heterocycles. The van der Waals surface area contributed by atoms with E-state index >= 15 is 0 Å². The lowest BCUT2D eigenvalue weighted by Gasteiger charge is -2.19. The van der Waals surface area contributed by atoms with Crippen molar-refractivity contribution in [1.82, 2.24) is 0 Å². The average molecular weight is 377 g/mol. The molecule has 0 aromatic heterocycles. The zero-order valence-corrected chi connectivity index (χ0v) is 15.1. The van der Waals surface area contributed by atoms with E-state index in [1.165, 1.54) is 0 Å². The molecule has 0 bridgehead atoms. The molecule has 3 aromatic rings. The molecule has 28 heavy (non-hydrogen) atoms. The Morgan fingerprint density at radius 3 is 2.61 bits per heavy atom. The van der Waals surface area contributed by atoms with E-state index in [4.69, 9.17) is 14.2 Å². The number of hydrogen-bond donors (Lipinski definition) is 1. The number of nitrogens with one attached hydrogen (secondary N) is 1. The molecule has 6 heteroatoms. The van der Waals surface area contributed by atoms with Gasteiger partial charge in [0.15, 0.2) is 18.1 Å². The lowest BCUT2D eigenvalue weighted by atomic mass is 10.0. The highest BCUT2D eigenvalue weighted by Crippen LogP contribution is 2.32. The average Bonchev–Trinajstić information content (AvgIpc) is 2.72. The van der Waals surface area contributed by atoms with Crippen LogP contribution in [0.2, 0.25) is 0 Å². The van der Waals surface area contributed by atoms with Crippen LogP contribution in [0.5, 0.6) is 11.5 Å². The Kier molecular flexibility index (Phi) is 5.10. The largest absolute Gasteiger partial charge is 0.486 e. The highest BCUT2D eigenvalue weighted by atomic mass is 16.6. The first-order valence-electron chi connectivity index (χ1n) is 9.01. The van der Waals surface area contributed by atoms with E-state index in [2.05, 4.69) is 5.32 Å². The van der Waals surface area contributed by atoms with E-state index in [1.807, 2.05) is 42.5 Å². The zero-order chi connectivity index (χ0) is 19.3. The molecule has 1 aliphatic rings. The number of carbonyl (C=O) groups excluding carboxylic acids is 2. The van der Waals surface area contributed by atoms with Gasteiger partial charge in [0.25, 0.3) is 5.91 Å². The van der Waals surface area contributed by atoms with Gasteiger partial charge in [-0.15, -0.1) is 0 Å². The first-order chi connectivity index (χ1) is 13.7. The van der Waals surface area contributed by atoms with Crippen molar-refractivity contribution in [3.8, 4) is 11.5 Å². The smallest absolute Gasteiger partial charge is 0.310 e. The molecule has 1 N–H and O–H groups in total. The van der Waals surface area contributed by atoms with Gasteiger partial charge >= 0.3 is 5.97 Å². The molecule has 1 amide bonds. The number of hydrogen-bond acceptors (Lipinski definition) is 5. The SMILES string of the molecule is O=C(COC(=O)Cc1cccc2ccccc12)Nc1ccc2c(c1)OCCO2. The summed E-state index contributed by atoms with van der Waals surface area (Å²) < 4.78 is 16.1. The quantitative estimate of drug-likeness (QED) is 0.691. The summed E-state index contributed by atoms with van der Waals surface area (Å²) in [5.41, 5.74) is 1.43. The van der Waals surface area contributed by atoms with Crippen molar-refractivity contribution in [1.29, 1.82) is 0 Å². The third-order valence-electron chi connectivity index (χ3n) is 4.40. The summed E-state index contributed by atoms with van der Waals surface area (Å²) in [6.07, 6.45) is 0.110. The fraction of sp³-hybridized carbons (Fsp3) is 0.182. The molecular weight excluding hydrogens is 358 g/mol. The summed E-state index contributed by atoms with van der Waals surface area (Å²) in [6, 6.07) is 18.7. The Bertz CT molecular complexity index is 1030. The highest BCUT2D eigenvalue weighted by Gasteiger charge is 2.14. The molecule has 6 nitrogen and oxygen atoms in total. The lowest BCUT2D eigenvalue weighted by molar-refractivity contribution is -0.146. The summed E-state index contributed by atoms with van der Waals surface area (Å²) in [6.45, 7) is 0.625. The van der Waals surface area contributed by atoms with Crippen LogP contribution in [0.15, 0.2) is 60.7 Å². The maximum absolute atomic E-state index is 12.2. The molecule has 142 valence electrons. The summed E-state index contributed by atoms with van der Waals surface area (Å²) in [5, 5.41) is 4.75. The Morgan fingerprint density at radius 1 is 0.929 bits per heavy atom. The molecule has 4 rings (SSSR count). The molecule has 0 unspecified atom stereocenters. The van der Waals surface area contributed by atoms with Gasteiger partial charge in [-0.2, -0.15) is 0 Å². The topological polar surface area (TPSA) is 73.9 Å². The summed E-state index contributed by atoms with van der Waals surface area (Å²) in [4.78, 5) is 24.3. The third kappa shape index (κ3) is 4.06. The number of amides is 1. The minimum atomic E-state index is -0.450. The van der Waals surface area contributed by atoms with Crippen LogP contribution >= 0.6 is 0 Å². The molecule has 1 heterocycles. The standard InChI is InChI=1S/C22H19NO5/c24-21(23-17-8-9-19-20(13-17)27-11-10-26-19)14-28-22(25)12-16-6-3-5-15-4-1-2-7-18(15)16/h1-9,13H,10-12,14H2,(H,23,24). The van der Waals surface area contributed by atoms with Gasteiger partial charge in [0.1, 0.15) is 13.2 Å². The van der Waals surface area contributed by atoms with Crippen molar-refractivity contribution in [2.24, 2.45) is 0 Å². The summed E-state index contributed by atoms with van der Waals surface area (Å²) >= 11 is 0. The second-order valence-corrected chi connectivity index (χ2v) is 6.38. The first-order valence-corrected chi connectivity index (χ1v) is 9.01. The second-order valence-electron chi connectivity index (χ2n) is 6.38. The predicted octanol–water partition coefficient (Wildman–Crippen LogP) is 3.34. The number of rotatable bonds is 5. The molecule has 1 aliphatic heterocycles. The van der Waals surface area contributed by atoms with Gasteiger partial charge in [-0.25, -0.2) is 0 Å². The predicted molar refractivity (Wildman–Crippen MR) is 105 cm³/mol. The van der Waals surface area contributed by atoms with Crippen molar-refractivity contribution < 1.29 is 23.8 Å². The van der Waals surface area contributed by atoms with Gasteiger partial charge in [0, 0.05) is 11.8 Å². The Balaban J connectivity index is 1.32. The zero-order valence-electron chi connectivity index (χ0n) is 15.1. The number of esters is 1. The minimum Gasteiger partial charge on any atom is -0.486 e. The Morgan fingerprint density at radius 2 is 1.71 bits per heavy atom. The van der Waals surface area contributed by atoms with Gasteiger partial charge in [0.05, 0.1) is 6.42 Å². The van der Waals surface area contributed by atoms with Crippen LogP contribution in [0.4, 0.5) is 5.69 Å². The van der Waals surface area contributed by atoms with Crippen molar-refractivity contribution >= 4 is 28.3 Å². The van der Waals surface area contributed by atoms with Gasteiger partial charge in [0.2, 0.25) is 0 Å². The van der Waals surface area contributed by atoms with Gasteiger partial charge in [-0.1, -0.05) is 42.5 Å². The molecule has 0 radical (unpaired) electrons. The van der Waals surface area contributed by atoms with Gasteiger partial charge in [-0.05, 0) is 28.5 Å². The van der Waals surface area contributed by atoms with Crippen LogP contribution in [-0.2, 0) is 20.7 Å². The number of anilines is 1. The van der Waals surface area contributed by atoms with Crippen molar-refractivity contribution in [2.45, 2.75) is 6.42 Å². The summed E-state index contributed by atoms with van der Waals surface area (Å²) in [5.74, 6) is 0.361. The van der Waals surface area contributed by atoms with Crippen molar-refractivity contribution in [3.05, 3.63) is 66.2 Å². The van der Waals surface area contributed by atoms with E-state index in [0.29, 0.717) is 30.4 Å². The Hall–Kier alpha value is -3.54. The van der Waals surface area contributed by atoms with Crippen LogP contribution in [0.1, 0.15) is 5.56 Å². The molecule has 0 atom stereocenters. The number of fused-ring (bicyclic) bond motifs is 2. The van der Waals surface area contributed by atoms with Crippen LogP contribution in [0.25, 0.3) is 10.8 Å². The number of ether oxygens (including phenoxy) is 3. The summed E-state index contributed by atoms with van der Waals surface area (Å²) in [7, 11) is 0. The second kappa shape index (κ2) is 8.00. The van der Waals surface area contributed by atoms with E-state index in [9.17, 15) is 9.59 Å². The lowest BCUT2D eigenvalue weighted by Crippen LogP contribution is -2.22. The van der Waals surface area contributed by atoms with Crippen LogP contribution < -0.4 is 14.8 Å². The molecule has 0 aliphatic carbocycles. The Labute approximate surface area is 162 Å². The fourth-order valence-corrected chi connectivity index (χ4v) is 3.12. The maximum atomic E-state index is 12.2. The monoisotopic (exact) mass is 377 g/mol. The molecule has 0 saturated carbocycles. The maximum Gasteiger partial charge on any atom is 0.310 e. The highest BCUT2D eigenvalue weighted by molar-refractivity contribution is 5.94. The molecule has 3 aromatic carbocycles. The van der Waals surface area contributed by atoms with E-state index in [1.54, 1.807) is 18.2 Å². The normalized spacial score (nSPS) is 12.4.